The summed E-state index contributed by atoms with van der Waals surface area (Å²) >= 11 is 0. The Kier molecular flexibility index (Phi) is 8.32. The van der Waals surface area contributed by atoms with Gasteiger partial charge in [0.05, 0.1) is 29.2 Å². The molecular formula is C27H34FN3O3. The minimum absolute atomic E-state index is 0.166. The molecule has 7 heteroatoms. The molecule has 1 aliphatic rings. The molecule has 2 heterocycles. The fourth-order valence-electron chi connectivity index (χ4n) is 4.31. The van der Waals surface area contributed by atoms with Crippen molar-refractivity contribution in [2.75, 3.05) is 19.7 Å². The molecule has 2 aromatic carbocycles. The molecule has 0 spiro atoms. The van der Waals surface area contributed by atoms with E-state index in [1.807, 2.05) is 41.9 Å². The van der Waals surface area contributed by atoms with E-state index < -0.39 is 6.10 Å². The standard InChI is InChI=1S/C27H34FN3O3/c1-3-22(32)17-30(18-24-11-8-16-33-24)19-25-26(4-2)29-31(21-9-6-5-7-10-21)27(25)34-23-14-12-20(28)13-15-23/h5-7,9-10,12-15,22,24,32H,3-4,8,11,16-19H2,1-2H3/t22-,24+/m0/s1. The largest absolute Gasteiger partial charge is 0.439 e. The van der Waals surface area contributed by atoms with Gasteiger partial charge in [-0.15, -0.1) is 0 Å². The third kappa shape index (κ3) is 6.03. The first-order chi connectivity index (χ1) is 16.6. The number of para-hydroxylation sites is 1. The van der Waals surface area contributed by atoms with Crippen molar-refractivity contribution in [3.8, 4) is 17.3 Å². The summed E-state index contributed by atoms with van der Waals surface area (Å²) in [4.78, 5) is 2.24. The Morgan fingerprint density at radius 2 is 1.94 bits per heavy atom. The Labute approximate surface area is 200 Å². The molecule has 0 bridgehead atoms. The van der Waals surface area contributed by atoms with E-state index in [1.54, 1.807) is 12.1 Å². The summed E-state index contributed by atoms with van der Waals surface area (Å²) in [5.74, 6) is 0.842. The van der Waals surface area contributed by atoms with Crippen molar-refractivity contribution in [1.29, 1.82) is 0 Å². The molecule has 0 radical (unpaired) electrons. The van der Waals surface area contributed by atoms with Gasteiger partial charge in [0.2, 0.25) is 5.88 Å². The van der Waals surface area contributed by atoms with Crippen molar-refractivity contribution in [2.24, 2.45) is 0 Å². The molecule has 1 fully saturated rings. The lowest BCUT2D eigenvalue weighted by atomic mass is 10.1. The van der Waals surface area contributed by atoms with Gasteiger partial charge >= 0.3 is 0 Å². The van der Waals surface area contributed by atoms with Gasteiger partial charge in [-0.25, -0.2) is 9.07 Å². The van der Waals surface area contributed by atoms with Crippen LogP contribution in [0.15, 0.2) is 54.6 Å². The second-order valence-corrected chi connectivity index (χ2v) is 8.78. The number of halogens is 1. The molecular weight excluding hydrogens is 433 g/mol. The maximum Gasteiger partial charge on any atom is 0.227 e. The monoisotopic (exact) mass is 467 g/mol. The van der Waals surface area contributed by atoms with Gasteiger partial charge in [-0.05, 0) is 62.1 Å². The number of rotatable bonds is 11. The molecule has 4 rings (SSSR count). The molecule has 0 amide bonds. The predicted octanol–water partition coefficient (Wildman–Crippen LogP) is 5.12. The zero-order valence-electron chi connectivity index (χ0n) is 20.0. The second-order valence-electron chi connectivity index (χ2n) is 8.78. The molecule has 1 N–H and O–H groups in total. The van der Waals surface area contributed by atoms with E-state index in [1.165, 1.54) is 12.1 Å². The Bertz CT molecular complexity index is 1030. The molecule has 1 aliphatic heterocycles. The maximum absolute atomic E-state index is 13.5. The molecule has 182 valence electrons. The van der Waals surface area contributed by atoms with Gasteiger partial charge in [0.15, 0.2) is 0 Å². The average molecular weight is 468 g/mol. The molecule has 3 aromatic rings. The van der Waals surface area contributed by atoms with Crippen LogP contribution in [0.5, 0.6) is 11.6 Å². The quantitative estimate of drug-likeness (QED) is 0.424. The second kappa shape index (κ2) is 11.6. The smallest absolute Gasteiger partial charge is 0.227 e. The summed E-state index contributed by atoms with van der Waals surface area (Å²) in [7, 11) is 0. The van der Waals surface area contributed by atoms with Crippen LogP contribution in [0.25, 0.3) is 5.69 Å². The van der Waals surface area contributed by atoms with Crippen LogP contribution in [0.3, 0.4) is 0 Å². The summed E-state index contributed by atoms with van der Waals surface area (Å²) in [6, 6.07) is 15.9. The summed E-state index contributed by atoms with van der Waals surface area (Å²) in [6.07, 6.45) is 3.27. The number of nitrogens with zero attached hydrogens (tertiary/aromatic N) is 3. The Balaban J connectivity index is 1.72. The maximum atomic E-state index is 13.5. The first-order valence-corrected chi connectivity index (χ1v) is 12.2. The van der Waals surface area contributed by atoms with E-state index in [0.29, 0.717) is 31.1 Å². The van der Waals surface area contributed by atoms with Crippen molar-refractivity contribution >= 4 is 0 Å². The predicted molar refractivity (Wildman–Crippen MR) is 130 cm³/mol. The molecule has 1 aromatic heterocycles. The number of benzene rings is 2. The van der Waals surface area contributed by atoms with Gasteiger partial charge in [0.1, 0.15) is 11.6 Å². The topological polar surface area (TPSA) is 59.8 Å². The molecule has 34 heavy (non-hydrogen) atoms. The minimum Gasteiger partial charge on any atom is -0.439 e. The van der Waals surface area contributed by atoms with Crippen LogP contribution >= 0.6 is 0 Å². The highest BCUT2D eigenvalue weighted by molar-refractivity contribution is 5.43. The summed E-state index contributed by atoms with van der Waals surface area (Å²) in [5.41, 5.74) is 2.79. The van der Waals surface area contributed by atoms with Crippen molar-refractivity contribution in [3.05, 3.63) is 71.7 Å². The van der Waals surface area contributed by atoms with Crippen molar-refractivity contribution in [1.82, 2.24) is 14.7 Å². The van der Waals surface area contributed by atoms with Gasteiger partial charge in [0.25, 0.3) is 0 Å². The van der Waals surface area contributed by atoms with Crippen LogP contribution < -0.4 is 4.74 Å². The van der Waals surface area contributed by atoms with Crippen LogP contribution in [0.4, 0.5) is 4.39 Å². The highest BCUT2D eigenvalue weighted by Crippen LogP contribution is 2.32. The first-order valence-electron chi connectivity index (χ1n) is 12.2. The number of hydrogen-bond donors (Lipinski definition) is 1. The fraction of sp³-hybridized carbons (Fsp3) is 0.444. The van der Waals surface area contributed by atoms with Gasteiger partial charge in [-0.2, -0.15) is 5.10 Å². The van der Waals surface area contributed by atoms with E-state index in [0.717, 1.165) is 49.4 Å². The highest BCUT2D eigenvalue weighted by Gasteiger charge is 2.26. The molecule has 1 saturated heterocycles. The number of ether oxygens (including phenoxy) is 2. The van der Waals surface area contributed by atoms with Gasteiger partial charge in [-0.3, -0.25) is 4.90 Å². The normalized spacial score (nSPS) is 16.8. The highest BCUT2D eigenvalue weighted by atomic mass is 19.1. The molecule has 0 unspecified atom stereocenters. The van der Waals surface area contributed by atoms with Crippen molar-refractivity contribution in [2.45, 2.75) is 58.3 Å². The number of aryl methyl sites for hydroxylation is 1. The van der Waals surface area contributed by atoms with Crippen LogP contribution in [-0.4, -0.2) is 51.7 Å². The number of hydrogen-bond acceptors (Lipinski definition) is 5. The molecule has 0 aliphatic carbocycles. The summed E-state index contributed by atoms with van der Waals surface area (Å²) in [6.45, 7) is 6.72. The number of aromatic nitrogens is 2. The van der Waals surface area contributed by atoms with Crippen LogP contribution in [0, 0.1) is 5.82 Å². The van der Waals surface area contributed by atoms with E-state index >= 15 is 0 Å². The van der Waals surface area contributed by atoms with Gasteiger partial charge in [0, 0.05) is 26.2 Å². The number of aliphatic hydroxyl groups excluding tert-OH is 1. The van der Waals surface area contributed by atoms with Crippen molar-refractivity contribution < 1.29 is 19.0 Å². The third-order valence-electron chi connectivity index (χ3n) is 6.19. The lowest BCUT2D eigenvalue weighted by molar-refractivity contribution is 0.0451. The van der Waals surface area contributed by atoms with E-state index in [2.05, 4.69) is 11.8 Å². The van der Waals surface area contributed by atoms with Crippen molar-refractivity contribution in [3.63, 3.8) is 0 Å². The summed E-state index contributed by atoms with van der Waals surface area (Å²) < 4.78 is 27.6. The SMILES string of the molecule is CCc1nn(-c2ccccc2)c(Oc2ccc(F)cc2)c1CN(C[C@@H](O)CC)C[C@H]1CCCO1. The van der Waals surface area contributed by atoms with E-state index in [4.69, 9.17) is 14.6 Å². The summed E-state index contributed by atoms with van der Waals surface area (Å²) in [5, 5.41) is 15.3. The first kappa shape index (κ1) is 24.4. The van der Waals surface area contributed by atoms with E-state index in [9.17, 15) is 9.50 Å². The Morgan fingerprint density at radius 1 is 1.18 bits per heavy atom. The fourth-order valence-corrected chi connectivity index (χ4v) is 4.31. The average Bonchev–Trinajstić information content (AvgIpc) is 3.49. The van der Waals surface area contributed by atoms with Gasteiger partial charge in [-0.1, -0.05) is 32.0 Å². The zero-order valence-corrected chi connectivity index (χ0v) is 20.0. The van der Waals surface area contributed by atoms with E-state index in [-0.39, 0.29) is 11.9 Å². The lowest BCUT2D eigenvalue weighted by Gasteiger charge is -2.27. The Morgan fingerprint density at radius 3 is 2.59 bits per heavy atom. The Hall–Kier alpha value is -2.74. The molecule has 0 saturated carbocycles. The minimum atomic E-state index is -0.419. The van der Waals surface area contributed by atoms with Crippen LogP contribution in [0.2, 0.25) is 0 Å². The zero-order chi connectivity index (χ0) is 23.9. The molecule has 6 nitrogen and oxygen atoms in total. The van der Waals surface area contributed by atoms with Crippen LogP contribution in [-0.2, 0) is 17.7 Å². The molecule has 2 atom stereocenters. The third-order valence-corrected chi connectivity index (χ3v) is 6.19. The van der Waals surface area contributed by atoms with Gasteiger partial charge < -0.3 is 14.6 Å². The van der Waals surface area contributed by atoms with Crippen LogP contribution in [0.1, 0.15) is 44.4 Å². The number of aliphatic hydroxyl groups is 1. The lowest BCUT2D eigenvalue weighted by Crippen LogP contribution is -2.37.